The topological polar surface area (TPSA) is 95.6 Å². The van der Waals surface area contributed by atoms with Crippen LogP contribution >= 0.6 is 0 Å². The lowest BCUT2D eigenvalue weighted by Gasteiger charge is -2.12. The van der Waals surface area contributed by atoms with Gasteiger partial charge in [0.1, 0.15) is 11.6 Å². The van der Waals surface area contributed by atoms with Crippen LogP contribution in [0.25, 0.3) is 0 Å². The quantitative estimate of drug-likeness (QED) is 0.785. The number of nitrogens with one attached hydrogen (secondary N) is 3. The first kappa shape index (κ1) is 15.0. The number of carbonyl (C=O) groups is 1. The number of rotatable bonds is 5. The molecule has 2 aromatic rings. The number of hydrogen-bond acceptors (Lipinski definition) is 5. The normalized spacial score (nSPS) is 11.0. The number of hydrogen-bond donors (Lipinski definition) is 3. The van der Waals surface area contributed by atoms with E-state index in [1.165, 1.54) is 0 Å². The standard InChI is InChI=1S/C14H20N6O/c1-8(2)11-17-14(20-19-11)18-13(21)10-6-5-7-15-12(10)16-9(3)4/h5-9H,1-4H3,(H,15,16)(H2,17,18,19,20,21). The maximum absolute atomic E-state index is 12.3. The Morgan fingerprint density at radius 2 is 2.05 bits per heavy atom. The Balaban J connectivity index is 2.16. The highest BCUT2D eigenvalue weighted by molar-refractivity contribution is 6.06. The third-order valence-corrected chi connectivity index (χ3v) is 2.75. The van der Waals surface area contributed by atoms with Crippen molar-refractivity contribution in [2.75, 3.05) is 10.6 Å². The molecule has 0 fully saturated rings. The molecule has 112 valence electrons. The number of carbonyl (C=O) groups excluding carboxylic acids is 1. The zero-order chi connectivity index (χ0) is 15.4. The molecule has 2 aromatic heterocycles. The van der Waals surface area contributed by atoms with Gasteiger partial charge in [-0.25, -0.2) is 4.98 Å². The molecule has 1 amide bonds. The number of nitrogens with zero attached hydrogens (tertiary/aromatic N) is 3. The molecule has 2 rings (SSSR count). The van der Waals surface area contributed by atoms with Crippen LogP contribution in [0.4, 0.5) is 11.8 Å². The average molecular weight is 288 g/mol. The zero-order valence-corrected chi connectivity index (χ0v) is 12.6. The van der Waals surface area contributed by atoms with Crippen molar-refractivity contribution in [3.05, 3.63) is 29.7 Å². The van der Waals surface area contributed by atoms with E-state index in [2.05, 4.69) is 30.8 Å². The van der Waals surface area contributed by atoms with E-state index in [9.17, 15) is 4.79 Å². The summed E-state index contributed by atoms with van der Waals surface area (Å²) in [6.07, 6.45) is 1.64. The van der Waals surface area contributed by atoms with E-state index in [0.717, 1.165) is 5.82 Å². The summed E-state index contributed by atoms with van der Waals surface area (Å²) in [5.74, 6) is 1.48. The molecule has 0 saturated carbocycles. The monoisotopic (exact) mass is 288 g/mol. The second-order valence-electron chi connectivity index (χ2n) is 5.35. The minimum absolute atomic E-state index is 0.183. The molecule has 0 atom stereocenters. The summed E-state index contributed by atoms with van der Waals surface area (Å²) in [6.45, 7) is 7.97. The predicted octanol–water partition coefficient (Wildman–Crippen LogP) is 2.40. The summed E-state index contributed by atoms with van der Waals surface area (Å²) in [6, 6.07) is 3.61. The molecule has 0 aliphatic rings. The zero-order valence-electron chi connectivity index (χ0n) is 12.6. The smallest absolute Gasteiger partial charge is 0.261 e. The van der Waals surface area contributed by atoms with Crippen LogP contribution in [0.2, 0.25) is 0 Å². The Morgan fingerprint density at radius 3 is 2.67 bits per heavy atom. The molecule has 3 N–H and O–H groups in total. The molecule has 0 aliphatic heterocycles. The van der Waals surface area contributed by atoms with Crippen molar-refractivity contribution in [3.8, 4) is 0 Å². The van der Waals surface area contributed by atoms with Crippen LogP contribution in [-0.2, 0) is 0 Å². The molecule has 0 aromatic carbocycles. The number of amides is 1. The van der Waals surface area contributed by atoms with E-state index in [1.807, 2.05) is 27.7 Å². The molecule has 0 spiro atoms. The third kappa shape index (κ3) is 3.77. The molecule has 0 aliphatic carbocycles. The highest BCUT2D eigenvalue weighted by Gasteiger charge is 2.15. The molecular weight excluding hydrogens is 268 g/mol. The Bertz CT molecular complexity index is 619. The first-order chi connectivity index (χ1) is 9.97. The van der Waals surface area contributed by atoms with Crippen molar-refractivity contribution in [2.24, 2.45) is 0 Å². The minimum Gasteiger partial charge on any atom is -0.367 e. The molecule has 2 heterocycles. The Kier molecular flexibility index (Phi) is 4.52. The van der Waals surface area contributed by atoms with E-state index >= 15 is 0 Å². The van der Waals surface area contributed by atoms with E-state index in [1.54, 1.807) is 18.3 Å². The Labute approximate surface area is 123 Å². The van der Waals surface area contributed by atoms with Crippen LogP contribution < -0.4 is 10.6 Å². The third-order valence-electron chi connectivity index (χ3n) is 2.75. The van der Waals surface area contributed by atoms with E-state index in [-0.39, 0.29) is 23.8 Å². The van der Waals surface area contributed by atoms with Crippen molar-refractivity contribution in [2.45, 2.75) is 39.7 Å². The molecule has 0 saturated heterocycles. The van der Waals surface area contributed by atoms with Crippen molar-refractivity contribution in [1.82, 2.24) is 20.2 Å². The van der Waals surface area contributed by atoms with Gasteiger partial charge >= 0.3 is 0 Å². The van der Waals surface area contributed by atoms with Gasteiger partial charge in [-0.2, -0.15) is 4.98 Å². The lowest BCUT2D eigenvalue weighted by atomic mass is 10.2. The van der Waals surface area contributed by atoms with E-state index in [4.69, 9.17) is 0 Å². The SMILES string of the molecule is CC(C)Nc1ncccc1C(=O)Nc1n[nH]c(C(C)C)n1. The number of pyridine rings is 1. The van der Waals surface area contributed by atoms with Gasteiger partial charge in [-0.15, -0.1) is 5.10 Å². The molecule has 0 radical (unpaired) electrons. The number of aromatic amines is 1. The van der Waals surface area contributed by atoms with Gasteiger partial charge in [0.2, 0.25) is 5.95 Å². The minimum atomic E-state index is -0.291. The largest absolute Gasteiger partial charge is 0.367 e. The maximum atomic E-state index is 12.3. The highest BCUT2D eigenvalue weighted by Crippen LogP contribution is 2.15. The molecule has 0 bridgehead atoms. The average Bonchev–Trinajstić information content (AvgIpc) is 2.87. The van der Waals surface area contributed by atoms with Crippen LogP contribution in [-0.4, -0.2) is 32.1 Å². The van der Waals surface area contributed by atoms with E-state index in [0.29, 0.717) is 11.4 Å². The summed E-state index contributed by atoms with van der Waals surface area (Å²) >= 11 is 0. The molecular formula is C14H20N6O. The molecule has 0 unspecified atom stereocenters. The summed E-state index contributed by atoms with van der Waals surface area (Å²) in [7, 11) is 0. The van der Waals surface area contributed by atoms with Crippen LogP contribution in [0, 0.1) is 0 Å². The predicted molar refractivity (Wildman–Crippen MR) is 81.4 cm³/mol. The van der Waals surface area contributed by atoms with Gasteiger partial charge in [-0.3, -0.25) is 15.2 Å². The van der Waals surface area contributed by atoms with Crippen LogP contribution in [0.5, 0.6) is 0 Å². The van der Waals surface area contributed by atoms with Crippen molar-refractivity contribution in [1.29, 1.82) is 0 Å². The second-order valence-corrected chi connectivity index (χ2v) is 5.35. The number of anilines is 2. The fourth-order valence-corrected chi connectivity index (χ4v) is 1.73. The van der Waals surface area contributed by atoms with Crippen molar-refractivity contribution < 1.29 is 4.79 Å². The first-order valence-corrected chi connectivity index (χ1v) is 6.92. The number of aromatic nitrogens is 4. The summed E-state index contributed by atoms with van der Waals surface area (Å²) in [4.78, 5) is 20.7. The molecule has 7 heteroatoms. The van der Waals surface area contributed by atoms with Gasteiger partial charge in [0.15, 0.2) is 0 Å². The summed E-state index contributed by atoms with van der Waals surface area (Å²) < 4.78 is 0. The fraction of sp³-hybridized carbons (Fsp3) is 0.429. The van der Waals surface area contributed by atoms with Crippen LogP contribution in [0.1, 0.15) is 49.8 Å². The lowest BCUT2D eigenvalue weighted by Crippen LogP contribution is -2.19. The number of H-pyrrole nitrogens is 1. The van der Waals surface area contributed by atoms with Crippen molar-refractivity contribution >= 4 is 17.7 Å². The maximum Gasteiger partial charge on any atom is 0.261 e. The van der Waals surface area contributed by atoms with Crippen LogP contribution in [0.3, 0.4) is 0 Å². The summed E-state index contributed by atoms with van der Waals surface area (Å²) in [5, 5.41) is 12.6. The van der Waals surface area contributed by atoms with E-state index < -0.39 is 0 Å². The summed E-state index contributed by atoms with van der Waals surface area (Å²) in [5.41, 5.74) is 0.460. The molecule has 7 nitrogen and oxygen atoms in total. The van der Waals surface area contributed by atoms with Crippen LogP contribution in [0.15, 0.2) is 18.3 Å². The Hall–Kier alpha value is -2.44. The van der Waals surface area contributed by atoms with Gasteiger partial charge < -0.3 is 5.32 Å². The van der Waals surface area contributed by atoms with Crippen molar-refractivity contribution in [3.63, 3.8) is 0 Å². The van der Waals surface area contributed by atoms with Gasteiger partial charge in [0.05, 0.1) is 5.56 Å². The van der Waals surface area contributed by atoms with Gasteiger partial charge in [0.25, 0.3) is 5.91 Å². The van der Waals surface area contributed by atoms with Gasteiger partial charge in [-0.1, -0.05) is 13.8 Å². The molecule has 21 heavy (non-hydrogen) atoms. The highest BCUT2D eigenvalue weighted by atomic mass is 16.1. The first-order valence-electron chi connectivity index (χ1n) is 6.92. The lowest BCUT2D eigenvalue weighted by molar-refractivity contribution is 0.102. The van der Waals surface area contributed by atoms with Gasteiger partial charge in [-0.05, 0) is 26.0 Å². The Morgan fingerprint density at radius 1 is 1.29 bits per heavy atom. The second kappa shape index (κ2) is 6.34. The van der Waals surface area contributed by atoms with Gasteiger partial charge in [0, 0.05) is 18.2 Å². The fourth-order valence-electron chi connectivity index (χ4n) is 1.73.